The predicted molar refractivity (Wildman–Crippen MR) is 154 cm³/mol. The quantitative estimate of drug-likeness (QED) is 0.362. The fraction of sp³-hybridized carbons (Fsp3) is 0.484. The molecule has 0 bridgehead atoms. The minimum Gasteiger partial charge on any atom is -0.497 e. The van der Waals surface area contributed by atoms with Gasteiger partial charge in [-0.1, -0.05) is 18.2 Å². The molecule has 2 amide bonds. The van der Waals surface area contributed by atoms with Gasteiger partial charge >= 0.3 is 11.7 Å². The van der Waals surface area contributed by atoms with Crippen molar-refractivity contribution in [3.63, 3.8) is 0 Å². The highest BCUT2D eigenvalue weighted by atomic mass is 16.6. The highest BCUT2D eigenvalue weighted by Gasteiger charge is 2.38. The first-order chi connectivity index (χ1) is 19.5. The number of benzene rings is 2. The molecule has 3 unspecified atom stereocenters. The van der Waals surface area contributed by atoms with Crippen molar-refractivity contribution in [2.24, 2.45) is 7.05 Å². The van der Waals surface area contributed by atoms with Gasteiger partial charge in [0.05, 0.1) is 24.7 Å². The summed E-state index contributed by atoms with van der Waals surface area (Å²) in [5, 5.41) is 3.27. The summed E-state index contributed by atoms with van der Waals surface area (Å²) in [4.78, 5) is 53.9. The third-order valence-corrected chi connectivity index (χ3v) is 7.98. The number of imidazole rings is 1. The molecule has 0 saturated carbocycles. The van der Waals surface area contributed by atoms with Gasteiger partial charge in [0.2, 0.25) is 5.91 Å². The Morgan fingerprint density at radius 1 is 1.02 bits per heavy atom. The van der Waals surface area contributed by atoms with E-state index in [1.165, 1.54) is 9.47 Å². The number of fused-ring (bicyclic) bond motifs is 1. The average molecular weight is 563 g/mol. The molecular formula is C31H38N4O6. The molecule has 3 aromatic rings. The maximum Gasteiger partial charge on any atom is 0.329 e. The molecule has 0 spiro atoms. The van der Waals surface area contributed by atoms with Gasteiger partial charge in [0.25, 0.3) is 5.91 Å². The fourth-order valence-corrected chi connectivity index (χ4v) is 5.85. The van der Waals surface area contributed by atoms with Crippen LogP contribution in [0.25, 0.3) is 11.0 Å². The van der Waals surface area contributed by atoms with Crippen LogP contribution in [0, 0.1) is 0 Å². The molecule has 1 aromatic heterocycles. The molecule has 0 radical (unpaired) electrons. The highest BCUT2D eigenvalue weighted by Crippen LogP contribution is 2.33. The molecule has 2 aliphatic rings. The Labute approximate surface area is 239 Å². The fourth-order valence-electron chi connectivity index (χ4n) is 5.85. The minimum atomic E-state index is -0.775. The molecule has 10 nitrogen and oxygen atoms in total. The molecule has 2 aromatic carbocycles. The Morgan fingerprint density at radius 2 is 1.76 bits per heavy atom. The van der Waals surface area contributed by atoms with Crippen molar-refractivity contribution in [1.29, 1.82) is 0 Å². The molecule has 0 aliphatic carbocycles. The van der Waals surface area contributed by atoms with E-state index in [2.05, 4.69) is 5.32 Å². The average Bonchev–Trinajstić information content (AvgIpc) is 3.19. The van der Waals surface area contributed by atoms with Crippen molar-refractivity contribution in [2.45, 2.75) is 76.6 Å². The smallest absolute Gasteiger partial charge is 0.329 e. The van der Waals surface area contributed by atoms with Crippen LogP contribution in [0.3, 0.4) is 0 Å². The van der Waals surface area contributed by atoms with Crippen LogP contribution >= 0.6 is 0 Å². The zero-order chi connectivity index (χ0) is 29.5. The molecular weight excluding hydrogens is 524 g/mol. The van der Waals surface area contributed by atoms with E-state index in [9.17, 15) is 19.2 Å². The predicted octanol–water partition coefficient (Wildman–Crippen LogP) is 3.42. The molecule has 2 aliphatic heterocycles. The van der Waals surface area contributed by atoms with Crippen molar-refractivity contribution in [3.05, 3.63) is 64.1 Å². The summed E-state index contributed by atoms with van der Waals surface area (Å²) in [6, 6.07) is 11.9. The Hall–Kier alpha value is -3.92. The summed E-state index contributed by atoms with van der Waals surface area (Å²) in [5.41, 5.74) is 2.34. The first-order valence-corrected chi connectivity index (χ1v) is 14.1. The SMILES string of the molecule is COc1ccc(CN2C(=O)CCC(n3c(=O)n(C)c4cc(C5CCNC(C(=O)OC(C)(C)C)C5)ccc43)C2=O)cc1. The number of aryl methyl sites for hydroxylation is 1. The van der Waals surface area contributed by atoms with Gasteiger partial charge in [0.1, 0.15) is 23.4 Å². The summed E-state index contributed by atoms with van der Waals surface area (Å²) in [6.07, 6.45) is 1.89. The van der Waals surface area contributed by atoms with Crippen LogP contribution < -0.4 is 15.7 Å². The van der Waals surface area contributed by atoms with E-state index in [0.29, 0.717) is 29.7 Å². The van der Waals surface area contributed by atoms with E-state index < -0.39 is 17.7 Å². The second kappa shape index (κ2) is 11.2. The van der Waals surface area contributed by atoms with Crippen molar-refractivity contribution in [3.8, 4) is 5.75 Å². The topological polar surface area (TPSA) is 112 Å². The zero-order valence-electron chi connectivity index (χ0n) is 24.3. The van der Waals surface area contributed by atoms with Crippen LogP contribution in [0.2, 0.25) is 0 Å². The Morgan fingerprint density at radius 3 is 2.44 bits per heavy atom. The maximum atomic E-state index is 13.6. The lowest BCUT2D eigenvalue weighted by molar-refractivity contribution is -0.158. The van der Waals surface area contributed by atoms with Gasteiger partial charge in [-0.3, -0.25) is 28.4 Å². The Kier molecular flexibility index (Phi) is 7.78. The van der Waals surface area contributed by atoms with Crippen molar-refractivity contribution < 1.29 is 23.9 Å². The van der Waals surface area contributed by atoms with Crippen molar-refractivity contribution in [1.82, 2.24) is 19.4 Å². The number of imide groups is 1. The molecule has 218 valence electrons. The number of esters is 1. The number of methoxy groups -OCH3 is 1. The van der Waals surface area contributed by atoms with Gasteiger partial charge in [-0.2, -0.15) is 0 Å². The Balaban J connectivity index is 1.40. The largest absolute Gasteiger partial charge is 0.497 e. The number of nitrogens with one attached hydrogen (secondary N) is 1. The third-order valence-electron chi connectivity index (χ3n) is 7.98. The van der Waals surface area contributed by atoms with Gasteiger partial charge in [0, 0.05) is 13.5 Å². The van der Waals surface area contributed by atoms with Crippen LogP contribution in [0.5, 0.6) is 5.75 Å². The maximum absolute atomic E-state index is 13.6. The molecule has 41 heavy (non-hydrogen) atoms. The number of aromatic nitrogens is 2. The van der Waals surface area contributed by atoms with Gasteiger partial charge in [-0.05, 0) is 87.9 Å². The van der Waals surface area contributed by atoms with Crippen LogP contribution in [0.15, 0.2) is 47.3 Å². The lowest BCUT2D eigenvalue weighted by atomic mass is 9.86. The molecule has 1 N–H and O–H groups in total. The van der Waals surface area contributed by atoms with Crippen LogP contribution in [0.1, 0.15) is 69.5 Å². The number of likely N-dealkylation sites (tertiary alicyclic amines) is 1. The van der Waals surface area contributed by atoms with Crippen LogP contribution in [0.4, 0.5) is 0 Å². The van der Waals surface area contributed by atoms with Gasteiger partial charge in [0.15, 0.2) is 0 Å². The summed E-state index contributed by atoms with van der Waals surface area (Å²) in [5.74, 6) is -0.0798. The number of hydrogen-bond acceptors (Lipinski definition) is 7. The molecule has 3 heterocycles. The first kappa shape index (κ1) is 28.6. The summed E-state index contributed by atoms with van der Waals surface area (Å²) >= 11 is 0. The third kappa shape index (κ3) is 5.79. The number of carbonyl (C=O) groups is 3. The standard InChI is InChI=1S/C31H38N4O6/c1-31(2,3)41-29(38)23-16-21(14-15-32-23)20-8-11-24-26(17-20)33(4)30(39)35(24)25-12-13-27(36)34(28(25)37)18-19-6-9-22(40-5)10-7-19/h6-11,17,21,23,25,32H,12-16,18H2,1-5H3. The highest BCUT2D eigenvalue weighted by molar-refractivity contribution is 6.00. The van der Waals surface area contributed by atoms with E-state index in [4.69, 9.17) is 9.47 Å². The first-order valence-electron chi connectivity index (χ1n) is 14.1. The van der Waals surface area contributed by atoms with Gasteiger partial charge in [-0.25, -0.2) is 4.79 Å². The summed E-state index contributed by atoms with van der Waals surface area (Å²) in [6.45, 7) is 6.39. The number of carbonyl (C=O) groups excluding carboxylic acids is 3. The number of nitrogens with zero attached hydrogens (tertiary/aromatic N) is 3. The monoisotopic (exact) mass is 562 g/mol. The number of rotatable bonds is 6. The molecule has 10 heteroatoms. The summed E-state index contributed by atoms with van der Waals surface area (Å²) < 4.78 is 13.9. The lowest BCUT2D eigenvalue weighted by Crippen LogP contribution is -2.47. The number of ether oxygens (including phenoxy) is 2. The second-order valence-electron chi connectivity index (χ2n) is 11.9. The molecule has 2 saturated heterocycles. The zero-order valence-corrected chi connectivity index (χ0v) is 24.3. The number of piperidine rings is 2. The number of hydrogen-bond donors (Lipinski definition) is 1. The van der Waals surface area contributed by atoms with Crippen LogP contribution in [-0.4, -0.2) is 57.1 Å². The van der Waals surface area contributed by atoms with E-state index in [-0.39, 0.29) is 48.8 Å². The van der Waals surface area contributed by atoms with Crippen molar-refractivity contribution >= 4 is 28.8 Å². The molecule has 2 fully saturated rings. The van der Waals surface area contributed by atoms with Crippen LogP contribution in [-0.2, 0) is 32.7 Å². The molecule has 5 rings (SSSR count). The second-order valence-corrected chi connectivity index (χ2v) is 11.9. The minimum absolute atomic E-state index is 0.116. The van der Waals surface area contributed by atoms with E-state index >= 15 is 0 Å². The van der Waals surface area contributed by atoms with E-state index in [1.807, 2.05) is 51.1 Å². The van der Waals surface area contributed by atoms with Crippen molar-refractivity contribution in [2.75, 3.05) is 13.7 Å². The Bertz CT molecular complexity index is 1530. The van der Waals surface area contributed by atoms with Gasteiger partial charge in [-0.15, -0.1) is 0 Å². The lowest BCUT2D eigenvalue weighted by Gasteiger charge is -2.32. The summed E-state index contributed by atoms with van der Waals surface area (Å²) in [7, 11) is 3.28. The number of amides is 2. The normalized spacial score (nSPS) is 21.8. The van der Waals surface area contributed by atoms with E-state index in [0.717, 1.165) is 17.5 Å². The van der Waals surface area contributed by atoms with Gasteiger partial charge < -0.3 is 14.8 Å². The van der Waals surface area contributed by atoms with E-state index in [1.54, 1.807) is 30.9 Å². The molecule has 3 atom stereocenters.